The van der Waals surface area contributed by atoms with Crippen LogP contribution in [-0.2, 0) is 0 Å². The Kier molecular flexibility index (Phi) is 4.29. The molecule has 0 saturated heterocycles. The molecule has 0 atom stereocenters. The Morgan fingerprint density at radius 2 is 1.28 bits per heavy atom. The molecule has 2 rings (SSSR count). The van der Waals surface area contributed by atoms with E-state index >= 15 is 0 Å². The van der Waals surface area contributed by atoms with Crippen LogP contribution in [0.15, 0.2) is 30.3 Å². The first-order chi connectivity index (χ1) is 8.52. The third-order valence-electron chi connectivity index (χ3n) is 2.46. The Balaban J connectivity index is 2.54. The first-order valence-electron chi connectivity index (χ1n) is 5.01. The molecule has 0 N–H and O–H groups in total. The minimum absolute atomic E-state index is 0.450. The van der Waals surface area contributed by atoms with Crippen LogP contribution < -0.4 is 4.74 Å². The number of ether oxygens (including phenoxy) is 1. The number of methoxy groups -OCH3 is 1. The van der Waals surface area contributed by atoms with Crippen LogP contribution in [0.1, 0.15) is 0 Å². The van der Waals surface area contributed by atoms with Crippen LogP contribution in [0.4, 0.5) is 0 Å². The molecular formula is C13H8Cl4O. The van der Waals surface area contributed by atoms with Crippen LogP contribution in [0.5, 0.6) is 5.75 Å². The van der Waals surface area contributed by atoms with Gasteiger partial charge in [0, 0.05) is 0 Å². The summed E-state index contributed by atoms with van der Waals surface area (Å²) in [5, 5.41) is 1.89. The lowest BCUT2D eigenvalue weighted by Gasteiger charge is -2.09. The van der Waals surface area contributed by atoms with E-state index in [-0.39, 0.29) is 0 Å². The molecule has 0 unspecified atom stereocenters. The maximum absolute atomic E-state index is 6.09. The molecule has 0 fully saturated rings. The summed E-state index contributed by atoms with van der Waals surface area (Å²) in [7, 11) is 1.52. The second kappa shape index (κ2) is 5.58. The fourth-order valence-corrected chi connectivity index (χ4v) is 2.54. The predicted octanol–water partition coefficient (Wildman–Crippen LogP) is 5.98. The predicted molar refractivity (Wildman–Crippen MR) is 78.5 cm³/mol. The molecule has 18 heavy (non-hydrogen) atoms. The Labute approximate surface area is 125 Å². The summed E-state index contributed by atoms with van der Waals surface area (Å²) in [6.07, 6.45) is 0. The third-order valence-corrected chi connectivity index (χ3v) is 3.76. The quantitative estimate of drug-likeness (QED) is 0.661. The van der Waals surface area contributed by atoms with Crippen LogP contribution in [0.25, 0.3) is 11.1 Å². The zero-order valence-electron chi connectivity index (χ0n) is 9.31. The van der Waals surface area contributed by atoms with Crippen LogP contribution in [-0.4, -0.2) is 7.11 Å². The summed E-state index contributed by atoms with van der Waals surface area (Å²) in [5.74, 6) is 0.460. The lowest BCUT2D eigenvalue weighted by Crippen LogP contribution is -1.87. The average Bonchev–Trinajstić information content (AvgIpc) is 2.32. The van der Waals surface area contributed by atoms with E-state index in [0.29, 0.717) is 25.8 Å². The van der Waals surface area contributed by atoms with Crippen molar-refractivity contribution in [1.82, 2.24) is 0 Å². The van der Waals surface area contributed by atoms with Gasteiger partial charge in [-0.2, -0.15) is 0 Å². The Morgan fingerprint density at radius 1 is 0.722 bits per heavy atom. The molecule has 0 aliphatic carbocycles. The largest absolute Gasteiger partial charge is 0.494 e. The van der Waals surface area contributed by atoms with Crippen molar-refractivity contribution in [2.24, 2.45) is 0 Å². The zero-order chi connectivity index (χ0) is 13.3. The molecule has 94 valence electrons. The maximum Gasteiger partial charge on any atom is 0.156 e. The first kappa shape index (κ1) is 13.8. The van der Waals surface area contributed by atoms with E-state index < -0.39 is 0 Å². The van der Waals surface area contributed by atoms with E-state index in [1.165, 1.54) is 7.11 Å². The molecule has 0 bridgehead atoms. The Bertz CT molecular complexity index is 573. The topological polar surface area (TPSA) is 9.23 Å². The van der Waals surface area contributed by atoms with Crippen molar-refractivity contribution < 1.29 is 4.74 Å². The molecular weight excluding hydrogens is 314 g/mol. The third kappa shape index (κ3) is 2.70. The molecule has 2 aromatic rings. The van der Waals surface area contributed by atoms with Gasteiger partial charge in [0.15, 0.2) is 5.75 Å². The van der Waals surface area contributed by atoms with Crippen molar-refractivity contribution in [3.8, 4) is 16.9 Å². The summed E-state index contributed by atoms with van der Waals surface area (Å²) in [6.45, 7) is 0. The van der Waals surface area contributed by atoms with E-state index in [1.807, 2.05) is 6.07 Å². The lowest BCUT2D eigenvalue weighted by atomic mass is 10.1. The second-order valence-electron chi connectivity index (χ2n) is 3.60. The van der Waals surface area contributed by atoms with E-state index in [2.05, 4.69) is 0 Å². The van der Waals surface area contributed by atoms with Crippen LogP contribution >= 0.6 is 46.4 Å². The molecule has 0 saturated carbocycles. The SMILES string of the molecule is COc1c(Cl)cc(-c2ccc(Cl)c(Cl)c2)cc1Cl. The van der Waals surface area contributed by atoms with Gasteiger partial charge in [0.2, 0.25) is 0 Å². The van der Waals surface area contributed by atoms with Gasteiger partial charge in [0.25, 0.3) is 0 Å². The van der Waals surface area contributed by atoms with E-state index in [0.717, 1.165) is 11.1 Å². The van der Waals surface area contributed by atoms with Crippen LogP contribution in [0.2, 0.25) is 20.1 Å². The summed E-state index contributed by atoms with van der Waals surface area (Å²) < 4.78 is 5.10. The van der Waals surface area contributed by atoms with Crippen molar-refractivity contribution in [1.29, 1.82) is 0 Å². The van der Waals surface area contributed by atoms with Crippen LogP contribution in [0.3, 0.4) is 0 Å². The van der Waals surface area contributed by atoms with E-state index in [9.17, 15) is 0 Å². The van der Waals surface area contributed by atoms with Gasteiger partial charge in [-0.1, -0.05) is 52.5 Å². The summed E-state index contributed by atoms with van der Waals surface area (Å²) >= 11 is 24.0. The minimum Gasteiger partial charge on any atom is -0.494 e. The van der Waals surface area contributed by atoms with E-state index in [1.54, 1.807) is 24.3 Å². The molecule has 5 heteroatoms. The van der Waals surface area contributed by atoms with Crippen LogP contribution in [0, 0.1) is 0 Å². The minimum atomic E-state index is 0.450. The average molecular weight is 322 g/mol. The van der Waals surface area contributed by atoms with Gasteiger partial charge >= 0.3 is 0 Å². The smallest absolute Gasteiger partial charge is 0.156 e. The first-order valence-corrected chi connectivity index (χ1v) is 6.52. The highest BCUT2D eigenvalue weighted by atomic mass is 35.5. The summed E-state index contributed by atoms with van der Waals surface area (Å²) in [5.41, 5.74) is 1.74. The van der Waals surface area contributed by atoms with Gasteiger partial charge in [-0.05, 0) is 35.4 Å². The maximum atomic E-state index is 6.09. The summed E-state index contributed by atoms with van der Waals surface area (Å²) in [6, 6.07) is 8.88. The Hall–Kier alpha value is -0.600. The Morgan fingerprint density at radius 3 is 1.78 bits per heavy atom. The highest BCUT2D eigenvalue weighted by Gasteiger charge is 2.10. The highest BCUT2D eigenvalue weighted by molar-refractivity contribution is 6.42. The number of rotatable bonds is 2. The number of benzene rings is 2. The standard InChI is InChI=1S/C13H8Cl4O/c1-18-13-11(16)5-8(6-12(13)17)7-2-3-9(14)10(15)4-7/h2-6H,1H3. The second-order valence-corrected chi connectivity index (χ2v) is 5.23. The van der Waals surface area contributed by atoms with Crippen molar-refractivity contribution in [2.45, 2.75) is 0 Å². The molecule has 0 radical (unpaired) electrons. The monoisotopic (exact) mass is 320 g/mol. The molecule has 1 nitrogen and oxygen atoms in total. The molecule has 0 aliphatic heterocycles. The van der Waals surface area contributed by atoms with Gasteiger partial charge < -0.3 is 4.74 Å². The number of halogens is 4. The lowest BCUT2D eigenvalue weighted by molar-refractivity contribution is 0.415. The molecule has 0 aliphatic rings. The highest BCUT2D eigenvalue weighted by Crippen LogP contribution is 2.38. The van der Waals surface area contributed by atoms with Crippen molar-refractivity contribution in [3.63, 3.8) is 0 Å². The molecule has 0 aromatic heterocycles. The molecule has 0 heterocycles. The van der Waals surface area contributed by atoms with Crippen molar-refractivity contribution >= 4 is 46.4 Å². The van der Waals surface area contributed by atoms with Gasteiger partial charge in [-0.25, -0.2) is 0 Å². The van der Waals surface area contributed by atoms with Crippen molar-refractivity contribution in [2.75, 3.05) is 7.11 Å². The van der Waals surface area contributed by atoms with Gasteiger partial charge in [-0.15, -0.1) is 0 Å². The normalized spacial score (nSPS) is 10.5. The molecule has 0 spiro atoms. The molecule has 0 amide bonds. The molecule has 2 aromatic carbocycles. The van der Waals surface area contributed by atoms with Gasteiger partial charge in [0.1, 0.15) is 0 Å². The van der Waals surface area contributed by atoms with Gasteiger partial charge in [-0.3, -0.25) is 0 Å². The van der Waals surface area contributed by atoms with Gasteiger partial charge in [0.05, 0.1) is 27.2 Å². The fourth-order valence-electron chi connectivity index (χ4n) is 1.60. The number of hydrogen-bond acceptors (Lipinski definition) is 1. The fraction of sp³-hybridized carbons (Fsp3) is 0.0769. The van der Waals surface area contributed by atoms with E-state index in [4.69, 9.17) is 51.1 Å². The summed E-state index contributed by atoms with van der Waals surface area (Å²) in [4.78, 5) is 0. The zero-order valence-corrected chi connectivity index (χ0v) is 12.3. The van der Waals surface area contributed by atoms with Crippen molar-refractivity contribution in [3.05, 3.63) is 50.4 Å². The number of hydrogen-bond donors (Lipinski definition) is 0.